The van der Waals surface area contributed by atoms with Crippen LogP contribution in [0, 0.1) is 11.3 Å². The Morgan fingerprint density at radius 2 is 2.17 bits per heavy atom. The molecular formula is C18H18N4O2. The number of hydrogen-bond donors (Lipinski definition) is 1. The lowest BCUT2D eigenvalue weighted by atomic mass is 10.2. The maximum absolute atomic E-state index is 12.7. The van der Waals surface area contributed by atoms with E-state index in [-0.39, 0.29) is 11.9 Å². The van der Waals surface area contributed by atoms with E-state index in [1.165, 1.54) is 0 Å². The van der Waals surface area contributed by atoms with Crippen LogP contribution in [0.15, 0.2) is 42.6 Å². The van der Waals surface area contributed by atoms with E-state index in [2.05, 4.69) is 16.4 Å². The van der Waals surface area contributed by atoms with Crippen molar-refractivity contribution in [3.05, 3.63) is 48.2 Å². The highest BCUT2D eigenvalue weighted by Gasteiger charge is 2.32. The number of amides is 1. The minimum Gasteiger partial charge on any atom is -0.497 e. The molecule has 0 aliphatic carbocycles. The Bertz CT molecular complexity index is 767. The molecule has 122 valence electrons. The molecule has 3 rings (SSSR count). The lowest BCUT2D eigenvalue weighted by Crippen LogP contribution is -2.40. The van der Waals surface area contributed by atoms with E-state index in [4.69, 9.17) is 4.74 Å². The van der Waals surface area contributed by atoms with Crippen LogP contribution >= 0.6 is 0 Å². The molecule has 6 nitrogen and oxygen atoms in total. The molecule has 0 saturated carbocycles. The maximum atomic E-state index is 12.7. The first-order valence-electron chi connectivity index (χ1n) is 7.79. The summed E-state index contributed by atoms with van der Waals surface area (Å²) in [5.41, 5.74) is 1.20. The topological polar surface area (TPSA) is 78.2 Å². The zero-order chi connectivity index (χ0) is 16.9. The van der Waals surface area contributed by atoms with Crippen LogP contribution in [0.2, 0.25) is 0 Å². The minimum atomic E-state index is -0.325. The Labute approximate surface area is 140 Å². The van der Waals surface area contributed by atoms with Crippen LogP contribution in [0.5, 0.6) is 5.75 Å². The monoisotopic (exact) mass is 322 g/mol. The van der Waals surface area contributed by atoms with Crippen molar-refractivity contribution in [2.24, 2.45) is 0 Å². The number of rotatable bonds is 4. The van der Waals surface area contributed by atoms with Crippen molar-refractivity contribution in [3.63, 3.8) is 0 Å². The van der Waals surface area contributed by atoms with Gasteiger partial charge in [-0.15, -0.1) is 0 Å². The van der Waals surface area contributed by atoms with E-state index >= 15 is 0 Å². The van der Waals surface area contributed by atoms with E-state index in [1.54, 1.807) is 49.7 Å². The van der Waals surface area contributed by atoms with Crippen LogP contribution in [0.4, 0.5) is 11.5 Å². The molecule has 1 amide bonds. The number of nitriles is 1. The number of nitrogens with zero attached hydrogens (tertiary/aromatic N) is 3. The van der Waals surface area contributed by atoms with Crippen molar-refractivity contribution in [1.29, 1.82) is 5.26 Å². The molecule has 1 atom stereocenters. The molecule has 1 fully saturated rings. The number of nitrogens with one attached hydrogen (secondary N) is 1. The number of benzene rings is 1. The van der Waals surface area contributed by atoms with Crippen LogP contribution in [0.1, 0.15) is 18.4 Å². The lowest BCUT2D eigenvalue weighted by Gasteiger charge is -2.25. The number of pyridine rings is 1. The zero-order valence-corrected chi connectivity index (χ0v) is 13.4. The van der Waals surface area contributed by atoms with Crippen molar-refractivity contribution in [2.45, 2.75) is 18.9 Å². The minimum absolute atomic E-state index is 0.0905. The average molecular weight is 322 g/mol. The third-order valence-corrected chi connectivity index (χ3v) is 4.09. The van der Waals surface area contributed by atoms with Crippen molar-refractivity contribution in [3.8, 4) is 11.8 Å². The largest absolute Gasteiger partial charge is 0.497 e. The van der Waals surface area contributed by atoms with Gasteiger partial charge in [0.1, 0.15) is 23.7 Å². The Hall–Kier alpha value is -3.07. The van der Waals surface area contributed by atoms with Crippen molar-refractivity contribution in [1.82, 2.24) is 4.98 Å². The number of carbonyl (C=O) groups excluding carboxylic acids is 1. The van der Waals surface area contributed by atoms with Gasteiger partial charge in [0.25, 0.3) is 0 Å². The van der Waals surface area contributed by atoms with E-state index in [9.17, 15) is 10.1 Å². The summed E-state index contributed by atoms with van der Waals surface area (Å²) < 4.78 is 5.11. The summed E-state index contributed by atoms with van der Waals surface area (Å²) in [5.74, 6) is 1.22. The van der Waals surface area contributed by atoms with Crippen LogP contribution in [-0.2, 0) is 4.79 Å². The second-order valence-electron chi connectivity index (χ2n) is 5.56. The van der Waals surface area contributed by atoms with Gasteiger partial charge in [-0.1, -0.05) is 0 Å². The third-order valence-electron chi connectivity index (χ3n) is 4.09. The molecule has 6 heteroatoms. The number of hydrogen-bond acceptors (Lipinski definition) is 5. The summed E-state index contributed by atoms with van der Waals surface area (Å²) in [6, 6.07) is 12.5. The summed E-state index contributed by atoms with van der Waals surface area (Å²) in [6.45, 7) is 0.715. The summed E-state index contributed by atoms with van der Waals surface area (Å²) in [6.07, 6.45) is 3.28. The van der Waals surface area contributed by atoms with Gasteiger partial charge in [-0.3, -0.25) is 4.79 Å². The molecule has 1 aliphatic rings. The van der Waals surface area contributed by atoms with E-state index in [0.717, 1.165) is 18.6 Å². The molecule has 0 radical (unpaired) electrons. The molecule has 0 bridgehead atoms. The predicted octanol–water partition coefficient (Wildman–Crippen LogP) is 2.57. The first kappa shape index (κ1) is 15.8. The molecule has 1 aromatic carbocycles. The van der Waals surface area contributed by atoms with Gasteiger partial charge in [0.05, 0.1) is 12.7 Å². The van der Waals surface area contributed by atoms with Gasteiger partial charge in [0.15, 0.2) is 0 Å². The molecular weight excluding hydrogens is 304 g/mol. The standard InChI is InChI=1S/C18H18N4O2/c1-24-15-8-6-14(7-9-15)21-18(23)16-5-3-11-22(16)17-13(12-19)4-2-10-20-17/h2,4,6-10,16H,3,5,11H2,1H3,(H,21,23)/t16-/m0/s1. The van der Waals surface area contributed by atoms with Gasteiger partial charge < -0.3 is 15.0 Å². The summed E-state index contributed by atoms with van der Waals surface area (Å²) in [5, 5.41) is 12.2. The Morgan fingerprint density at radius 1 is 1.38 bits per heavy atom. The summed E-state index contributed by atoms with van der Waals surface area (Å²) in [4.78, 5) is 18.9. The quantitative estimate of drug-likeness (QED) is 0.936. The van der Waals surface area contributed by atoms with E-state index in [0.29, 0.717) is 23.6 Å². The van der Waals surface area contributed by atoms with E-state index < -0.39 is 0 Å². The van der Waals surface area contributed by atoms with Gasteiger partial charge in [0, 0.05) is 18.4 Å². The highest BCUT2D eigenvalue weighted by Crippen LogP contribution is 2.27. The number of anilines is 2. The Balaban J connectivity index is 1.77. The van der Waals surface area contributed by atoms with Crippen molar-refractivity contribution in [2.75, 3.05) is 23.9 Å². The predicted molar refractivity (Wildman–Crippen MR) is 90.9 cm³/mol. The van der Waals surface area contributed by atoms with Gasteiger partial charge in [-0.2, -0.15) is 5.26 Å². The molecule has 2 aromatic rings. The zero-order valence-electron chi connectivity index (χ0n) is 13.4. The number of carbonyl (C=O) groups is 1. The summed E-state index contributed by atoms with van der Waals surface area (Å²) >= 11 is 0. The number of aromatic nitrogens is 1. The molecule has 2 heterocycles. The van der Waals surface area contributed by atoms with Gasteiger partial charge in [-0.05, 0) is 49.2 Å². The highest BCUT2D eigenvalue weighted by molar-refractivity contribution is 5.97. The lowest BCUT2D eigenvalue weighted by molar-refractivity contribution is -0.117. The maximum Gasteiger partial charge on any atom is 0.247 e. The smallest absolute Gasteiger partial charge is 0.247 e. The van der Waals surface area contributed by atoms with E-state index in [1.807, 2.05) is 4.90 Å². The second-order valence-corrected chi connectivity index (χ2v) is 5.56. The number of ether oxygens (including phenoxy) is 1. The fourth-order valence-corrected chi connectivity index (χ4v) is 2.91. The van der Waals surface area contributed by atoms with Crippen LogP contribution in [0.3, 0.4) is 0 Å². The normalized spacial score (nSPS) is 16.5. The molecule has 1 N–H and O–H groups in total. The molecule has 1 aliphatic heterocycles. The fourth-order valence-electron chi connectivity index (χ4n) is 2.91. The Kier molecular flexibility index (Phi) is 4.62. The van der Waals surface area contributed by atoms with Gasteiger partial charge in [0.2, 0.25) is 5.91 Å². The third kappa shape index (κ3) is 3.15. The fraction of sp³-hybridized carbons (Fsp3) is 0.278. The SMILES string of the molecule is COc1ccc(NC(=O)[C@@H]2CCCN2c2ncccc2C#N)cc1. The van der Waals surface area contributed by atoms with Crippen molar-refractivity contribution >= 4 is 17.4 Å². The Morgan fingerprint density at radius 3 is 2.88 bits per heavy atom. The molecule has 1 aromatic heterocycles. The number of methoxy groups -OCH3 is 1. The molecule has 24 heavy (non-hydrogen) atoms. The van der Waals surface area contributed by atoms with Crippen LogP contribution in [-0.4, -0.2) is 30.6 Å². The summed E-state index contributed by atoms with van der Waals surface area (Å²) in [7, 11) is 1.60. The molecule has 1 saturated heterocycles. The average Bonchev–Trinajstić information content (AvgIpc) is 3.12. The van der Waals surface area contributed by atoms with Crippen molar-refractivity contribution < 1.29 is 9.53 Å². The van der Waals surface area contributed by atoms with Crippen LogP contribution < -0.4 is 15.0 Å². The highest BCUT2D eigenvalue weighted by atomic mass is 16.5. The van der Waals surface area contributed by atoms with Crippen LogP contribution in [0.25, 0.3) is 0 Å². The first-order chi connectivity index (χ1) is 11.7. The second kappa shape index (κ2) is 7.01. The molecule has 0 spiro atoms. The van der Waals surface area contributed by atoms with Gasteiger partial charge in [-0.25, -0.2) is 4.98 Å². The molecule has 0 unspecified atom stereocenters. The van der Waals surface area contributed by atoms with Gasteiger partial charge >= 0.3 is 0 Å². The first-order valence-corrected chi connectivity index (χ1v) is 7.79.